The summed E-state index contributed by atoms with van der Waals surface area (Å²) in [6, 6.07) is 11.4. The van der Waals surface area contributed by atoms with Crippen LogP contribution < -0.4 is 5.32 Å². The third kappa shape index (κ3) is 3.10. The molecule has 2 heterocycles. The van der Waals surface area contributed by atoms with Crippen molar-refractivity contribution in [1.29, 1.82) is 0 Å². The topological polar surface area (TPSA) is 75.2 Å². The predicted molar refractivity (Wildman–Crippen MR) is 85.4 cm³/mol. The van der Waals surface area contributed by atoms with E-state index >= 15 is 0 Å². The third-order valence-corrected chi connectivity index (χ3v) is 4.93. The Labute approximate surface area is 130 Å². The second kappa shape index (κ2) is 5.66. The largest absolute Gasteiger partial charge is 0.340 e. The van der Waals surface area contributed by atoms with Gasteiger partial charge in [-0.2, -0.15) is 4.31 Å². The lowest BCUT2D eigenvalue weighted by Gasteiger charge is -2.38. The fraction of sp³-hybridized carbons (Fsp3) is 0.333. The maximum Gasteiger partial charge on any atom is 0.211 e. The molecule has 0 spiro atoms. The Morgan fingerprint density at radius 1 is 1.23 bits per heavy atom. The molecule has 0 saturated carbocycles. The fourth-order valence-corrected chi connectivity index (χ4v) is 3.66. The molecule has 0 amide bonds. The van der Waals surface area contributed by atoms with E-state index in [0.29, 0.717) is 18.2 Å². The van der Waals surface area contributed by atoms with Gasteiger partial charge in [0.1, 0.15) is 11.6 Å². The number of aromatic nitrogens is 2. The zero-order valence-electron chi connectivity index (χ0n) is 12.5. The zero-order chi connectivity index (χ0) is 15.7. The van der Waals surface area contributed by atoms with Crippen LogP contribution in [0.25, 0.3) is 0 Å². The van der Waals surface area contributed by atoms with Crippen LogP contribution in [0.3, 0.4) is 0 Å². The van der Waals surface area contributed by atoms with Crippen molar-refractivity contribution in [2.45, 2.75) is 19.4 Å². The van der Waals surface area contributed by atoms with Crippen molar-refractivity contribution in [2.75, 3.05) is 18.1 Å². The molecule has 1 N–H and O–H groups in total. The van der Waals surface area contributed by atoms with Gasteiger partial charge in [0, 0.05) is 18.3 Å². The van der Waals surface area contributed by atoms with Crippen LogP contribution in [0.2, 0.25) is 0 Å². The minimum Gasteiger partial charge on any atom is -0.340 e. The highest BCUT2D eigenvalue weighted by atomic mass is 32.2. The van der Waals surface area contributed by atoms with E-state index < -0.39 is 10.0 Å². The van der Waals surface area contributed by atoms with Crippen LogP contribution in [-0.2, 0) is 10.0 Å². The van der Waals surface area contributed by atoms with E-state index in [2.05, 4.69) is 15.3 Å². The quantitative estimate of drug-likeness (QED) is 0.935. The summed E-state index contributed by atoms with van der Waals surface area (Å²) in [5.74, 6) is 1.30. The minimum absolute atomic E-state index is 0.187. The first-order valence-electron chi connectivity index (χ1n) is 7.08. The third-order valence-electron chi connectivity index (χ3n) is 3.64. The number of benzene rings is 1. The molecule has 0 aliphatic carbocycles. The molecule has 1 saturated heterocycles. The van der Waals surface area contributed by atoms with Gasteiger partial charge in [-0.15, -0.1) is 0 Å². The summed E-state index contributed by atoms with van der Waals surface area (Å²) in [5, 5.41) is 3.22. The van der Waals surface area contributed by atoms with Gasteiger partial charge in [0.05, 0.1) is 18.0 Å². The Balaban J connectivity index is 1.88. The number of nitrogens with zero attached hydrogens (tertiary/aromatic N) is 3. The SMILES string of the molecule is Cc1nc(Nc2ccccc2)cc(C2CCN2S(C)(=O)=O)n1. The molecule has 0 radical (unpaired) electrons. The van der Waals surface area contributed by atoms with E-state index in [4.69, 9.17) is 0 Å². The molecule has 3 rings (SSSR count). The van der Waals surface area contributed by atoms with Crippen LogP contribution in [0.1, 0.15) is 24.0 Å². The smallest absolute Gasteiger partial charge is 0.211 e. The second-order valence-electron chi connectivity index (χ2n) is 5.39. The summed E-state index contributed by atoms with van der Waals surface area (Å²) in [7, 11) is -3.20. The Morgan fingerprint density at radius 3 is 2.55 bits per heavy atom. The molecule has 22 heavy (non-hydrogen) atoms. The Hall–Kier alpha value is -1.99. The van der Waals surface area contributed by atoms with Crippen LogP contribution in [0.5, 0.6) is 0 Å². The van der Waals surface area contributed by atoms with Gasteiger partial charge in [-0.25, -0.2) is 18.4 Å². The summed E-state index contributed by atoms with van der Waals surface area (Å²) >= 11 is 0. The van der Waals surface area contributed by atoms with Crippen LogP contribution in [0, 0.1) is 6.92 Å². The van der Waals surface area contributed by atoms with Crippen LogP contribution in [0.4, 0.5) is 11.5 Å². The fourth-order valence-electron chi connectivity index (χ4n) is 2.55. The highest BCUT2D eigenvalue weighted by Gasteiger charge is 2.37. The molecule has 116 valence electrons. The number of rotatable bonds is 4. The van der Waals surface area contributed by atoms with Crippen molar-refractivity contribution in [2.24, 2.45) is 0 Å². The molecular formula is C15H18N4O2S. The lowest BCUT2D eigenvalue weighted by atomic mass is 10.0. The first-order chi connectivity index (χ1) is 10.4. The Kier molecular flexibility index (Phi) is 3.84. The molecule has 1 fully saturated rings. The average Bonchev–Trinajstić information content (AvgIpc) is 2.35. The van der Waals surface area contributed by atoms with Gasteiger partial charge in [0.2, 0.25) is 10.0 Å². The second-order valence-corrected chi connectivity index (χ2v) is 7.33. The number of hydrogen-bond acceptors (Lipinski definition) is 5. The zero-order valence-corrected chi connectivity index (χ0v) is 13.3. The molecule has 1 aromatic heterocycles. The van der Waals surface area contributed by atoms with Crippen molar-refractivity contribution < 1.29 is 8.42 Å². The number of aryl methyl sites for hydroxylation is 1. The summed E-state index contributed by atoms with van der Waals surface area (Å²) < 4.78 is 24.9. The molecule has 6 nitrogen and oxygen atoms in total. The molecule has 1 aliphatic rings. The van der Waals surface area contributed by atoms with Crippen LogP contribution in [0.15, 0.2) is 36.4 Å². The van der Waals surface area contributed by atoms with Crippen molar-refractivity contribution in [3.05, 3.63) is 47.9 Å². The first kappa shape index (κ1) is 14.9. The molecule has 2 aromatic rings. The van der Waals surface area contributed by atoms with Gasteiger partial charge in [-0.3, -0.25) is 0 Å². The molecule has 1 atom stereocenters. The number of nitrogens with one attached hydrogen (secondary N) is 1. The van der Waals surface area contributed by atoms with Crippen LogP contribution in [-0.4, -0.2) is 35.5 Å². The summed E-state index contributed by atoms with van der Waals surface area (Å²) in [5.41, 5.74) is 1.67. The lowest BCUT2D eigenvalue weighted by Crippen LogP contribution is -2.44. The highest BCUT2D eigenvalue weighted by Crippen LogP contribution is 2.35. The first-order valence-corrected chi connectivity index (χ1v) is 8.93. The van der Waals surface area contributed by atoms with E-state index in [9.17, 15) is 8.42 Å². The van der Waals surface area contributed by atoms with Gasteiger partial charge in [0.25, 0.3) is 0 Å². The Morgan fingerprint density at radius 2 is 1.95 bits per heavy atom. The standard InChI is InChI=1S/C15H18N4O2S/c1-11-16-13(14-8-9-19(14)22(2,20)21)10-15(17-11)18-12-6-4-3-5-7-12/h3-7,10,14H,8-9H2,1-2H3,(H,16,17,18). The van der Waals surface area contributed by atoms with Gasteiger partial charge >= 0.3 is 0 Å². The maximum absolute atomic E-state index is 11.7. The maximum atomic E-state index is 11.7. The van der Waals surface area contributed by atoms with Gasteiger partial charge in [0.15, 0.2) is 0 Å². The van der Waals surface area contributed by atoms with Crippen molar-refractivity contribution in [3.63, 3.8) is 0 Å². The lowest BCUT2D eigenvalue weighted by molar-refractivity contribution is 0.199. The molecular weight excluding hydrogens is 300 g/mol. The van der Waals surface area contributed by atoms with Crippen molar-refractivity contribution >= 4 is 21.5 Å². The van der Waals surface area contributed by atoms with E-state index in [-0.39, 0.29) is 6.04 Å². The average molecular weight is 318 g/mol. The predicted octanol–water partition coefficient (Wildman–Crippen LogP) is 2.24. The van der Waals surface area contributed by atoms with Crippen molar-refractivity contribution in [3.8, 4) is 0 Å². The summed E-state index contributed by atoms with van der Waals surface area (Å²) in [4.78, 5) is 8.77. The molecule has 1 unspecified atom stereocenters. The Bertz CT molecular complexity index is 777. The molecule has 7 heteroatoms. The number of para-hydroxylation sites is 1. The summed E-state index contributed by atoms with van der Waals surface area (Å²) in [6.45, 7) is 2.36. The van der Waals surface area contributed by atoms with E-state index in [0.717, 1.165) is 17.8 Å². The summed E-state index contributed by atoms with van der Waals surface area (Å²) in [6.07, 6.45) is 2.02. The minimum atomic E-state index is -3.20. The molecule has 1 aliphatic heterocycles. The molecule has 0 bridgehead atoms. The van der Waals surface area contributed by atoms with Crippen molar-refractivity contribution in [1.82, 2.24) is 14.3 Å². The highest BCUT2D eigenvalue weighted by molar-refractivity contribution is 7.88. The number of anilines is 2. The van der Waals surface area contributed by atoms with Crippen LogP contribution >= 0.6 is 0 Å². The van der Waals surface area contributed by atoms with Gasteiger partial charge in [-0.1, -0.05) is 18.2 Å². The van der Waals surface area contributed by atoms with E-state index in [1.165, 1.54) is 10.6 Å². The normalized spacial score (nSPS) is 18.7. The van der Waals surface area contributed by atoms with Gasteiger partial charge < -0.3 is 5.32 Å². The monoisotopic (exact) mass is 318 g/mol. The number of sulfonamides is 1. The van der Waals surface area contributed by atoms with Gasteiger partial charge in [-0.05, 0) is 25.5 Å². The number of hydrogen-bond donors (Lipinski definition) is 1. The van der Waals surface area contributed by atoms with E-state index in [1.807, 2.05) is 43.3 Å². The molecule has 1 aromatic carbocycles. The van der Waals surface area contributed by atoms with E-state index in [1.54, 1.807) is 0 Å².